The van der Waals surface area contributed by atoms with Crippen LogP contribution >= 0.6 is 11.3 Å². The molecule has 0 saturated heterocycles. The van der Waals surface area contributed by atoms with Crippen LogP contribution in [0.4, 0.5) is 10.8 Å². The molecule has 1 amide bonds. The summed E-state index contributed by atoms with van der Waals surface area (Å²) in [6.07, 6.45) is 5.32. The SMILES string of the molecule is CCN(CC)c1ncc(CNc2cnn(CC(N)=O)c2)s1. The second kappa shape index (κ2) is 7.07. The lowest BCUT2D eigenvalue weighted by Gasteiger charge is -2.16. The van der Waals surface area contributed by atoms with Crippen LogP contribution in [0.5, 0.6) is 0 Å². The predicted molar refractivity (Wildman–Crippen MR) is 84.4 cm³/mol. The molecule has 0 atom stereocenters. The average Bonchev–Trinajstić information content (AvgIpc) is 3.07. The molecule has 2 aromatic rings. The number of hydrogen-bond acceptors (Lipinski definition) is 6. The second-order valence-electron chi connectivity index (χ2n) is 4.53. The Morgan fingerprint density at radius 2 is 2.19 bits per heavy atom. The molecule has 2 rings (SSSR count). The minimum absolute atomic E-state index is 0.0916. The molecule has 0 aromatic carbocycles. The summed E-state index contributed by atoms with van der Waals surface area (Å²) >= 11 is 1.68. The second-order valence-corrected chi connectivity index (χ2v) is 5.62. The third-order valence-corrected chi connectivity index (χ3v) is 4.05. The van der Waals surface area contributed by atoms with Crippen LogP contribution in [0.1, 0.15) is 18.7 Å². The molecule has 2 heterocycles. The molecule has 0 spiro atoms. The summed E-state index contributed by atoms with van der Waals surface area (Å²) in [7, 11) is 0. The lowest BCUT2D eigenvalue weighted by atomic mass is 10.5. The number of hydrogen-bond donors (Lipinski definition) is 2. The Morgan fingerprint density at radius 1 is 1.43 bits per heavy atom. The molecular weight excluding hydrogens is 288 g/mol. The fourth-order valence-electron chi connectivity index (χ4n) is 1.91. The molecule has 7 nitrogen and oxygen atoms in total. The van der Waals surface area contributed by atoms with E-state index in [0.29, 0.717) is 6.54 Å². The summed E-state index contributed by atoms with van der Waals surface area (Å²) in [5.74, 6) is -0.407. The van der Waals surface area contributed by atoms with E-state index >= 15 is 0 Å². The van der Waals surface area contributed by atoms with Gasteiger partial charge in [-0.3, -0.25) is 9.48 Å². The van der Waals surface area contributed by atoms with Gasteiger partial charge in [0.1, 0.15) is 6.54 Å². The Morgan fingerprint density at radius 3 is 2.86 bits per heavy atom. The zero-order valence-corrected chi connectivity index (χ0v) is 13.1. The minimum Gasteiger partial charge on any atom is -0.378 e. The van der Waals surface area contributed by atoms with Gasteiger partial charge in [-0.05, 0) is 13.8 Å². The van der Waals surface area contributed by atoms with E-state index in [1.165, 1.54) is 4.68 Å². The maximum atomic E-state index is 10.8. The number of carbonyl (C=O) groups is 1. The molecule has 0 fully saturated rings. The molecular formula is C13H20N6OS. The maximum absolute atomic E-state index is 10.8. The van der Waals surface area contributed by atoms with Gasteiger partial charge in [0, 0.05) is 30.4 Å². The number of amides is 1. The number of primary amides is 1. The summed E-state index contributed by atoms with van der Waals surface area (Å²) in [4.78, 5) is 18.6. The average molecular weight is 308 g/mol. The van der Waals surface area contributed by atoms with E-state index in [1.54, 1.807) is 23.7 Å². The first kappa shape index (κ1) is 15.3. The number of rotatable bonds is 8. The quantitative estimate of drug-likeness (QED) is 0.767. The van der Waals surface area contributed by atoms with Gasteiger partial charge in [-0.1, -0.05) is 0 Å². The van der Waals surface area contributed by atoms with Crippen molar-refractivity contribution in [2.45, 2.75) is 26.9 Å². The summed E-state index contributed by atoms with van der Waals surface area (Å²) in [5.41, 5.74) is 5.98. The normalized spacial score (nSPS) is 10.6. The molecule has 3 N–H and O–H groups in total. The lowest BCUT2D eigenvalue weighted by molar-refractivity contribution is -0.118. The highest BCUT2D eigenvalue weighted by Crippen LogP contribution is 2.23. The third kappa shape index (κ3) is 4.19. The van der Waals surface area contributed by atoms with Gasteiger partial charge in [0.2, 0.25) is 5.91 Å². The molecule has 0 aliphatic rings. The minimum atomic E-state index is -0.407. The molecule has 0 aliphatic carbocycles. The van der Waals surface area contributed by atoms with Crippen LogP contribution in [-0.4, -0.2) is 33.8 Å². The van der Waals surface area contributed by atoms with Crippen molar-refractivity contribution in [1.82, 2.24) is 14.8 Å². The monoisotopic (exact) mass is 308 g/mol. The highest BCUT2D eigenvalue weighted by Gasteiger charge is 2.08. The molecule has 0 saturated carbocycles. The van der Waals surface area contributed by atoms with Crippen molar-refractivity contribution in [3.63, 3.8) is 0 Å². The third-order valence-electron chi connectivity index (χ3n) is 2.99. The number of aromatic nitrogens is 3. The molecule has 2 aromatic heterocycles. The van der Waals surface area contributed by atoms with Gasteiger partial charge in [-0.25, -0.2) is 4.98 Å². The van der Waals surface area contributed by atoms with Crippen molar-refractivity contribution in [2.75, 3.05) is 23.3 Å². The van der Waals surface area contributed by atoms with Crippen LogP contribution in [0, 0.1) is 0 Å². The Kier molecular flexibility index (Phi) is 5.15. The van der Waals surface area contributed by atoms with Gasteiger partial charge in [0.15, 0.2) is 5.13 Å². The molecule has 114 valence electrons. The number of anilines is 2. The molecule has 8 heteroatoms. The van der Waals surface area contributed by atoms with E-state index in [-0.39, 0.29) is 6.54 Å². The summed E-state index contributed by atoms with van der Waals surface area (Å²) in [6, 6.07) is 0. The van der Waals surface area contributed by atoms with E-state index in [4.69, 9.17) is 5.73 Å². The van der Waals surface area contributed by atoms with Gasteiger partial charge in [-0.2, -0.15) is 5.10 Å². The largest absolute Gasteiger partial charge is 0.378 e. The molecule has 0 bridgehead atoms. The maximum Gasteiger partial charge on any atom is 0.239 e. The van der Waals surface area contributed by atoms with E-state index in [9.17, 15) is 4.79 Å². The van der Waals surface area contributed by atoms with Crippen molar-refractivity contribution in [1.29, 1.82) is 0 Å². The summed E-state index contributed by atoms with van der Waals surface area (Å²) in [5, 5.41) is 8.36. The van der Waals surface area contributed by atoms with Gasteiger partial charge >= 0.3 is 0 Å². The van der Waals surface area contributed by atoms with Crippen molar-refractivity contribution < 1.29 is 4.79 Å². The van der Waals surface area contributed by atoms with Gasteiger partial charge in [0.25, 0.3) is 0 Å². The first-order chi connectivity index (χ1) is 10.1. The molecule has 0 unspecified atom stereocenters. The molecule has 21 heavy (non-hydrogen) atoms. The van der Waals surface area contributed by atoms with Crippen molar-refractivity contribution in [3.8, 4) is 0 Å². The zero-order valence-electron chi connectivity index (χ0n) is 12.2. The van der Waals surface area contributed by atoms with Crippen molar-refractivity contribution >= 4 is 28.1 Å². The smallest absolute Gasteiger partial charge is 0.239 e. The summed E-state index contributed by atoms with van der Waals surface area (Å²) < 4.78 is 1.51. The topological polar surface area (TPSA) is 89.1 Å². The van der Waals surface area contributed by atoms with E-state index in [0.717, 1.165) is 28.8 Å². The first-order valence-corrected chi connectivity index (χ1v) is 7.68. The Labute approximate surface area is 127 Å². The number of thiazole rings is 1. The summed E-state index contributed by atoms with van der Waals surface area (Å²) in [6.45, 7) is 6.93. The number of nitrogens with two attached hydrogens (primary N) is 1. The van der Waals surface area contributed by atoms with Crippen LogP contribution in [0.3, 0.4) is 0 Å². The van der Waals surface area contributed by atoms with E-state index in [2.05, 4.69) is 34.1 Å². The van der Waals surface area contributed by atoms with Crippen LogP contribution in [-0.2, 0) is 17.9 Å². The van der Waals surface area contributed by atoms with Crippen molar-refractivity contribution in [2.24, 2.45) is 5.73 Å². The van der Waals surface area contributed by atoms with E-state index in [1.807, 2.05) is 6.20 Å². The fraction of sp³-hybridized carbons (Fsp3) is 0.462. The van der Waals surface area contributed by atoms with Crippen LogP contribution in [0.2, 0.25) is 0 Å². The van der Waals surface area contributed by atoms with Crippen molar-refractivity contribution in [3.05, 3.63) is 23.5 Å². The number of nitrogens with one attached hydrogen (secondary N) is 1. The van der Waals surface area contributed by atoms with Crippen LogP contribution in [0.15, 0.2) is 18.6 Å². The van der Waals surface area contributed by atoms with Gasteiger partial charge < -0.3 is 16.0 Å². The molecule has 0 radical (unpaired) electrons. The first-order valence-electron chi connectivity index (χ1n) is 6.86. The predicted octanol–water partition coefficient (Wildman–Crippen LogP) is 1.28. The highest BCUT2D eigenvalue weighted by molar-refractivity contribution is 7.15. The zero-order chi connectivity index (χ0) is 15.2. The van der Waals surface area contributed by atoms with Crippen LogP contribution in [0.25, 0.3) is 0 Å². The van der Waals surface area contributed by atoms with Gasteiger partial charge in [-0.15, -0.1) is 11.3 Å². The Balaban J connectivity index is 1.91. The highest BCUT2D eigenvalue weighted by atomic mass is 32.1. The molecule has 0 aliphatic heterocycles. The Hall–Kier alpha value is -2.09. The van der Waals surface area contributed by atoms with Gasteiger partial charge in [0.05, 0.1) is 18.4 Å². The van der Waals surface area contributed by atoms with Crippen LogP contribution < -0.4 is 16.0 Å². The standard InChI is InChI=1S/C13H20N6OS/c1-3-18(4-2)13-16-7-11(21-13)6-15-10-5-17-19(8-10)9-12(14)20/h5,7-8,15H,3-4,6,9H2,1-2H3,(H2,14,20). The number of nitrogens with zero attached hydrogens (tertiary/aromatic N) is 4. The number of carbonyl (C=O) groups excluding carboxylic acids is 1. The van der Waals surface area contributed by atoms with E-state index < -0.39 is 5.91 Å². The Bertz CT molecular complexity index is 589. The fourth-order valence-corrected chi connectivity index (χ4v) is 2.89. The lowest BCUT2D eigenvalue weighted by Crippen LogP contribution is -2.21.